The maximum absolute atomic E-state index is 13.8. The number of rotatable bonds is 3. The molecule has 0 aromatic heterocycles. The number of hydrogen-bond acceptors (Lipinski definition) is 4. The van der Waals surface area contributed by atoms with Gasteiger partial charge in [0, 0.05) is 13.0 Å². The van der Waals surface area contributed by atoms with E-state index in [0.717, 1.165) is 0 Å². The van der Waals surface area contributed by atoms with E-state index in [4.69, 9.17) is 14.2 Å². The van der Waals surface area contributed by atoms with Gasteiger partial charge in [-0.05, 0) is 24.1 Å². The highest BCUT2D eigenvalue weighted by atomic mass is 19.1. The van der Waals surface area contributed by atoms with Gasteiger partial charge >= 0.3 is 0 Å². The molecule has 5 heteroatoms. The highest BCUT2D eigenvalue weighted by Gasteiger charge is 2.24. The Labute approximate surface area is 105 Å². The van der Waals surface area contributed by atoms with Gasteiger partial charge in [0.15, 0.2) is 17.3 Å². The molecule has 1 N–H and O–H groups in total. The van der Waals surface area contributed by atoms with Crippen LogP contribution in [0.25, 0.3) is 0 Å². The fraction of sp³-hybridized carbons (Fsp3) is 0.538. The molecular formula is C13H17FO4. The second kappa shape index (κ2) is 5.54. The van der Waals surface area contributed by atoms with E-state index in [2.05, 4.69) is 0 Å². The lowest BCUT2D eigenvalue weighted by Crippen LogP contribution is -2.23. The quantitative estimate of drug-likeness (QED) is 0.899. The highest BCUT2D eigenvalue weighted by Crippen LogP contribution is 2.36. The van der Waals surface area contributed by atoms with Crippen molar-refractivity contribution < 1.29 is 23.7 Å². The molecule has 18 heavy (non-hydrogen) atoms. The Morgan fingerprint density at radius 3 is 2.72 bits per heavy atom. The summed E-state index contributed by atoms with van der Waals surface area (Å²) in [6.45, 7) is 0.474. The lowest BCUT2D eigenvalue weighted by Gasteiger charge is -2.27. The van der Waals surface area contributed by atoms with Gasteiger partial charge in [-0.15, -0.1) is 0 Å². The molecule has 1 saturated heterocycles. The lowest BCUT2D eigenvalue weighted by atomic mass is 9.99. The van der Waals surface area contributed by atoms with Crippen LogP contribution in [0.2, 0.25) is 0 Å². The van der Waals surface area contributed by atoms with E-state index < -0.39 is 11.9 Å². The maximum atomic E-state index is 13.8. The summed E-state index contributed by atoms with van der Waals surface area (Å²) >= 11 is 0. The van der Waals surface area contributed by atoms with Crippen LogP contribution in [0, 0.1) is 5.82 Å². The molecule has 1 fully saturated rings. The molecule has 0 saturated carbocycles. The van der Waals surface area contributed by atoms with E-state index in [9.17, 15) is 9.50 Å². The van der Waals surface area contributed by atoms with E-state index in [1.54, 1.807) is 6.07 Å². The lowest BCUT2D eigenvalue weighted by molar-refractivity contribution is -0.0449. The first-order valence-corrected chi connectivity index (χ1v) is 5.86. The predicted octanol–water partition coefficient (Wildman–Crippen LogP) is 2.06. The van der Waals surface area contributed by atoms with E-state index in [0.29, 0.717) is 30.8 Å². The zero-order chi connectivity index (χ0) is 13.1. The van der Waals surface area contributed by atoms with Crippen LogP contribution in [-0.2, 0) is 4.74 Å². The molecule has 1 aliphatic heterocycles. The van der Waals surface area contributed by atoms with E-state index in [-0.39, 0.29) is 11.9 Å². The molecule has 2 rings (SSSR count). The summed E-state index contributed by atoms with van der Waals surface area (Å²) in [5, 5.41) is 9.61. The smallest absolute Gasteiger partial charge is 0.196 e. The molecule has 1 aromatic carbocycles. The highest BCUT2D eigenvalue weighted by molar-refractivity contribution is 5.45. The van der Waals surface area contributed by atoms with Crippen LogP contribution >= 0.6 is 0 Å². The summed E-state index contributed by atoms with van der Waals surface area (Å²) < 4.78 is 29.4. The molecule has 4 nitrogen and oxygen atoms in total. The third-order valence-corrected chi connectivity index (χ3v) is 3.08. The Kier molecular flexibility index (Phi) is 4.04. The van der Waals surface area contributed by atoms with Crippen molar-refractivity contribution in [3.8, 4) is 11.5 Å². The summed E-state index contributed by atoms with van der Waals surface area (Å²) in [6, 6.07) is 3.05. The van der Waals surface area contributed by atoms with Crippen LogP contribution < -0.4 is 9.47 Å². The van der Waals surface area contributed by atoms with Gasteiger partial charge in [0.1, 0.15) is 0 Å². The molecule has 0 bridgehead atoms. The van der Waals surface area contributed by atoms with E-state index >= 15 is 0 Å². The standard InChI is InChI=1S/C13H17FO4/c1-16-12-6-8(5-10(14)13(12)17-2)11-7-9(15)3-4-18-11/h5-6,9,11,15H,3-4,7H2,1-2H3. The van der Waals surface area contributed by atoms with Gasteiger partial charge in [0.25, 0.3) is 0 Å². The van der Waals surface area contributed by atoms with Crippen LogP contribution in [0.4, 0.5) is 4.39 Å². The molecule has 1 heterocycles. The molecule has 0 spiro atoms. The molecule has 0 amide bonds. The number of aliphatic hydroxyl groups excluding tert-OH is 1. The average molecular weight is 256 g/mol. The average Bonchev–Trinajstić information content (AvgIpc) is 2.37. The van der Waals surface area contributed by atoms with Crippen LogP contribution in [0.15, 0.2) is 12.1 Å². The Balaban J connectivity index is 2.30. The van der Waals surface area contributed by atoms with Gasteiger partial charge in [-0.2, -0.15) is 0 Å². The molecule has 2 unspecified atom stereocenters. The summed E-state index contributed by atoms with van der Waals surface area (Å²) in [4.78, 5) is 0. The Morgan fingerprint density at radius 2 is 2.11 bits per heavy atom. The van der Waals surface area contributed by atoms with E-state index in [1.165, 1.54) is 20.3 Å². The van der Waals surface area contributed by atoms with Crippen LogP contribution in [0.1, 0.15) is 24.5 Å². The van der Waals surface area contributed by atoms with Gasteiger partial charge in [0.2, 0.25) is 0 Å². The normalized spacial score (nSPS) is 23.8. The number of halogens is 1. The summed E-state index contributed by atoms with van der Waals surface area (Å²) in [6.07, 6.45) is 0.379. The summed E-state index contributed by atoms with van der Waals surface area (Å²) in [7, 11) is 2.85. The van der Waals surface area contributed by atoms with Crippen molar-refractivity contribution in [3.05, 3.63) is 23.5 Å². The van der Waals surface area contributed by atoms with Crippen molar-refractivity contribution in [2.24, 2.45) is 0 Å². The van der Waals surface area contributed by atoms with Crippen molar-refractivity contribution in [1.82, 2.24) is 0 Å². The Bertz CT molecular complexity index is 422. The minimum absolute atomic E-state index is 0.0811. The largest absolute Gasteiger partial charge is 0.493 e. The van der Waals surface area contributed by atoms with Crippen molar-refractivity contribution in [2.75, 3.05) is 20.8 Å². The van der Waals surface area contributed by atoms with Gasteiger partial charge < -0.3 is 19.3 Å². The number of benzene rings is 1. The number of hydrogen-bond donors (Lipinski definition) is 1. The topological polar surface area (TPSA) is 47.9 Å². The van der Waals surface area contributed by atoms with Crippen molar-refractivity contribution in [2.45, 2.75) is 25.0 Å². The maximum Gasteiger partial charge on any atom is 0.196 e. The number of ether oxygens (including phenoxy) is 3. The molecule has 1 aromatic rings. The second-order valence-corrected chi connectivity index (χ2v) is 4.28. The van der Waals surface area contributed by atoms with Crippen LogP contribution in [0.3, 0.4) is 0 Å². The van der Waals surface area contributed by atoms with E-state index in [1.807, 2.05) is 0 Å². The Hall–Kier alpha value is -1.33. The molecule has 0 radical (unpaired) electrons. The van der Waals surface area contributed by atoms with Crippen LogP contribution in [0.5, 0.6) is 11.5 Å². The van der Waals surface area contributed by atoms with Crippen molar-refractivity contribution in [1.29, 1.82) is 0 Å². The third kappa shape index (κ3) is 2.57. The fourth-order valence-electron chi connectivity index (χ4n) is 2.14. The molecule has 0 aliphatic carbocycles. The first kappa shape index (κ1) is 13.1. The van der Waals surface area contributed by atoms with Crippen molar-refractivity contribution >= 4 is 0 Å². The zero-order valence-electron chi connectivity index (χ0n) is 10.5. The second-order valence-electron chi connectivity index (χ2n) is 4.28. The van der Waals surface area contributed by atoms with Gasteiger partial charge in [-0.3, -0.25) is 0 Å². The number of aliphatic hydroxyl groups is 1. The van der Waals surface area contributed by atoms with Gasteiger partial charge in [0.05, 0.1) is 26.4 Å². The summed E-state index contributed by atoms with van der Waals surface area (Å²) in [5.41, 5.74) is 0.656. The molecule has 1 aliphatic rings. The first-order chi connectivity index (χ1) is 8.65. The van der Waals surface area contributed by atoms with Crippen molar-refractivity contribution in [3.63, 3.8) is 0 Å². The first-order valence-electron chi connectivity index (χ1n) is 5.86. The minimum Gasteiger partial charge on any atom is -0.493 e. The summed E-state index contributed by atoms with van der Waals surface area (Å²) in [5.74, 6) is -0.0794. The zero-order valence-corrected chi connectivity index (χ0v) is 10.5. The van der Waals surface area contributed by atoms with Gasteiger partial charge in [-0.25, -0.2) is 4.39 Å². The third-order valence-electron chi connectivity index (χ3n) is 3.08. The molecule has 100 valence electrons. The Morgan fingerprint density at radius 1 is 1.33 bits per heavy atom. The monoisotopic (exact) mass is 256 g/mol. The van der Waals surface area contributed by atoms with Crippen LogP contribution in [-0.4, -0.2) is 32.0 Å². The number of methoxy groups -OCH3 is 2. The minimum atomic E-state index is -0.490. The molecule has 2 atom stereocenters. The fourth-order valence-corrected chi connectivity index (χ4v) is 2.14. The van der Waals surface area contributed by atoms with Gasteiger partial charge in [-0.1, -0.05) is 0 Å². The SMILES string of the molecule is COc1cc(C2CC(O)CCO2)cc(F)c1OC. The molecular weight excluding hydrogens is 239 g/mol. The predicted molar refractivity (Wildman–Crippen MR) is 63.4 cm³/mol.